The van der Waals surface area contributed by atoms with Crippen LogP contribution in [0.25, 0.3) is 0 Å². The molecule has 6 heteroatoms. The van der Waals surface area contributed by atoms with E-state index in [1.165, 1.54) is 0 Å². The second-order valence-corrected chi connectivity index (χ2v) is 8.93. The van der Waals surface area contributed by atoms with Crippen LogP contribution >= 0.6 is 11.6 Å². The quantitative estimate of drug-likeness (QED) is 0.535. The van der Waals surface area contributed by atoms with Crippen molar-refractivity contribution >= 4 is 34.8 Å². The number of amides is 1. The first-order valence-electron chi connectivity index (χ1n) is 10.6. The fraction of sp³-hybridized carbons (Fsp3) is 0.360. The van der Waals surface area contributed by atoms with Gasteiger partial charge in [-0.1, -0.05) is 35.9 Å². The first-order chi connectivity index (χ1) is 14.8. The number of ketones is 2. The van der Waals surface area contributed by atoms with Crippen molar-refractivity contribution in [3.05, 3.63) is 69.2 Å². The summed E-state index contributed by atoms with van der Waals surface area (Å²) in [5.41, 5.74) is 5.33. The second kappa shape index (κ2) is 8.75. The molecule has 0 aromatic heterocycles. The lowest BCUT2D eigenvalue weighted by atomic mass is 9.92. The average molecular weight is 437 g/mol. The van der Waals surface area contributed by atoms with E-state index >= 15 is 0 Å². The van der Waals surface area contributed by atoms with Crippen molar-refractivity contribution in [3.63, 3.8) is 0 Å². The molecule has 1 aliphatic carbocycles. The summed E-state index contributed by atoms with van der Waals surface area (Å²) < 4.78 is 0. The van der Waals surface area contributed by atoms with Gasteiger partial charge < -0.3 is 10.3 Å². The molecule has 1 fully saturated rings. The van der Waals surface area contributed by atoms with Crippen LogP contribution in [0.3, 0.4) is 0 Å². The van der Waals surface area contributed by atoms with E-state index in [0.717, 1.165) is 33.7 Å². The fourth-order valence-electron chi connectivity index (χ4n) is 4.37. The molecule has 1 unspecified atom stereocenters. The zero-order valence-corrected chi connectivity index (χ0v) is 18.3. The van der Waals surface area contributed by atoms with Gasteiger partial charge in [0.25, 0.3) is 5.91 Å². The molecule has 2 aromatic carbocycles. The normalized spacial score (nSPS) is 18.5. The van der Waals surface area contributed by atoms with Gasteiger partial charge in [0.1, 0.15) is 5.78 Å². The predicted molar refractivity (Wildman–Crippen MR) is 120 cm³/mol. The third-order valence-electron chi connectivity index (χ3n) is 6.19. The maximum atomic E-state index is 12.8. The highest BCUT2D eigenvalue weighted by molar-refractivity contribution is 6.31. The van der Waals surface area contributed by atoms with Crippen LogP contribution in [0.4, 0.5) is 0 Å². The highest BCUT2D eigenvalue weighted by Gasteiger charge is 2.38. The molecule has 2 aromatic rings. The summed E-state index contributed by atoms with van der Waals surface area (Å²) >= 11 is 6.18. The Morgan fingerprint density at radius 2 is 1.90 bits per heavy atom. The lowest BCUT2D eigenvalue weighted by molar-refractivity contribution is -0.133. The number of carbonyl (C=O) groups excluding carboxylic acids is 3. The van der Waals surface area contributed by atoms with E-state index in [2.05, 4.69) is 0 Å². The fourth-order valence-corrected chi connectivity index (χ4v) is 4.57. The van der Waals surface area contributed by atoms with Crippen molar-refractivity contribution in [1.82, 2.24) is 4.90 Å². The summed E-state index contributed by atoms with van der Waals surface area (Å²) in [4.78, 5) is 38.2. The van der Waals surface area contributed by atoms with Crippen LogP contribution in [-0.4, -0.2) is 34.1 Å². The number of fused-ring (bicyclic) bond motifs is 1. The first-order valence-corrected chi connectivity index (χ1v) is 11.0. The number of nitrogens with zero attached hydrogens (tertiary/aromatic N) is 1. The molecular formula is C25H25ClN2O3. The predicted octanol–water partition coefficient (Wildman–Crippen LogP) is 4.49. The Morgan fingerprint density at radius 1 is 1.13 bits per heavy atom. The molecule has 1 saturated carbocycles. The third kappa shape index (κ3) is 4.62. The van der Waals surface area contributed by atoms with Gasteiger partial charge in [0, 0.05) is 35.7 Å². The van der Waals surface area contributed by atoms with E-state index in [1.807, 2.05) is 43.3 Å². The molecule has 5 nitrogen and oxygen atoms in total. The SMILES string of the molecule is Cc1ccc(CC(=N)CCc2ccc3c(c2)CN(C2CCC(=O)CC2=O)C3=O)cc1Cl. The van der Waals surface area contributed by atoms with Crippen molar-refractivity contribution in [2.24, 2.45) is 0 Å². The highest BCUT2D eigenvalue weighted by Crippen LogP contribution is 2.30. The van der Waals surface area contributed by atoms with Gasteiger partial charge in [-0.3, -0.25) is 14.4 Å². The first kappa shape index (κ1) is 21.4. The van der Waals surface area contributed by atoms with Crippen LogP contribution in [0.15, 0.2) is 36.4 Å². The Kier molecular flexibility index (Phi) is 6.05. The molecular weight excluding hydrogens is 412 g/mol. The Labute approximate surface area is 186 Å². The average Bonchev–Trinajstić information content (AvgIpc) is 3.05. The van der Waals surface area contributed by atoms with Crippen LogP contribution in [0.2, 0.25) is 5.02 Å². The molecule has 2 aliphatic rings. The van der Waals surface area contributed by atoms with Crippen molar-refractivity contribution in [3.8, 4) is 0 Å². The molecule has 0 bridgehead atoms. The lowest BCUT2D eigenvalue weighted by Crippen LogP contribution is -2.44. The van der Waals surface area contributed by atoms with Gasteiger partial charge >= 0.3 is 0 Å². The standard InChI is InChI=1S/C25H25ClN2O3/c1-15-2-3-17(12-22(15)26)11-19(27)6-4-16-5-8-21-18(10-16)14-28(25(21)31)23-9-7-20(29)13-24(23)30/h2-3,5,8,10,12,23,27H,4,6-7,9,11,13-14H2,1H3. The van der Waals surface area contributed by atoms with Crippen molar-refractivity contribution in [1.29, 1.82) is 5.41 Å². The van der Waals surface area contributed by atoms with Crippen molar-refractivity contribution < 1.29 is 14.4 Å². The van der Waals surface area contributed by atoms with E-state index in [4.69, 9.17) is 17.0 Å². The van der Waals surface area contributed by atoms with Gasteiger partial charge in [0.05, 0.1) is 12.5 Å². The molecule has 4 rings (SSSR count). The van der Waals surface area contributed by atoms with Gasteiger partial charge in [0.15, 0.2) is 5.78 Å². The van der Waals surface area contributed by atoms with E-state index in [9.17, 15) is 14.4 Å². The lowest BCUT2D eigenvalue weighted by Gasteiger charge is -2.29. The van der Waals surface area contributed by atoms with Crippen LogP contribution in [0.1, 0.15) is 58.3 Å². The number of hydrogen-bond acceptors (Lipinski definition) is 4. The highest BCUT2D eigenvalue weighted by atomic mass is 35.5. The molecule has 1 heterocycles. The molecule has 31 heavy (non-hydrogen) atoms. The summed E-state index contributed by atoms with van der Waals surface area (Å²) in [7, 11) is 0. The number of nitrogens with one attached hydrogen (secondary N) is 1. The number of Topliss-reactive ketones (excluding diaryl/α,β-unsaturated/α-hetero) is 2. The molecule has 1 amide bonds. The minimum Gasteiger partial charge on any atom is -0.324 e. The number of halogens is 1. The summed E-state index contributed by atoms with van der Waals surface area (Å²) in [5.74, 6) is -0.316. The van der Waals surface area contributed by atoms with Crippen LogP contribution in [-0.2, 0) is 29.0 Å². The van der Waals surface area contributed by atoms with Crippen molar-refractivity contribution in [2.45, 2.75) is 58.0 Å². The molecule has 1 N–H and O–H groups in total. The molecule has 0 saturated heterocycles. The number of hydrogen-bond donors (Lipinski definition) is 1. The van der Waals surface area contributed by atoms with Crippen LogP contribution in [0.5, 0.6) is 0 Å². The maximum absolute atomic E-state index is 12.8. The van der Waals surface area contributed by atoms with E-state index in [0.29, 0.717) is 43.5 Å². The summed E-state index contributed by atoms with van der Waals surface area (Å²) in [6, 6.07) is 11.2. The topological polar surface area (TPSA) is 78.3 Å². The van der Waals surface area contributed by atoms with Gasteiger partial charge in [0.2, 0.25) is 0 Å². The number of rotatable bonds is 6. The smallest absolute Gasteiger partial charge is 0.255 e. The monoisotopic (exact) mass is 436 g/mol. The minimum absolute atomic E-state index is 0.0388. The number of aryl methyl sites for hydroxylation is 2. The van der Waals surface area contributed by atoms with Gasteiger partial charge in [-0.05, 0) is 60.6 Å². The van der Waals surface area contributed by atoms with Gasteiger partial charge in [-0.25, -0.2) is 0 Å². The Morgan fingerprint density at radius 3 is 2.65 bits per heavy atom. The summed E-state index contributed by atoms with van der Waals surface area (Å²) in [5, 5.41) is 9.04. The summed E-state index contributed by atoms with van der Waals surface area (Å²) in [6.45, 7) is 2.37. The zero-order chi connectivity index (χ0) is 22.1. The number of benzene rings is 2. The van der Waals surface area contributed by atoms with Crippen molar-refractivity contribution in [2.75, 3.05) is 0 Å². The Bertz CT molecular complexity index is 1090. The van der Waals surface area contributed by atoms with Crippen LogP contribution in [0, 0.1) is 12.3 Å². The van der Waals surface area contributed by atoms with E-state index in [1.54, 1.807) is 4.90 Å². The number of carbonyl (C=O) groups is 3. The summed E-state index contributed by atoms with van der Waals surface area (Å²) in [6.07, 6.45) is 2.63. The molecule has 0 spiro atoms. The Balaban J connectivity index is 1.38. The minimum atomic E-state index is -0.490. The van der Waals surface area contributed by atoms with E-state index in [-0.39, 0.29) is 23.9 Å². The van der Waals surface area contributed by atoms with Gasteiger partial charge in [-0.2, -0.15) is 0 Å². The molecule has 1 aliphatic heterocycles. The maximum Gasteiger partial charge on any atom is 0.255 e. The van der Waals surface area contributed by atoms with Gasteiger partial charge in [-0.15, -0.1) is 0 Å². The third-order valence-corrected chi connectivity index (χ3v) is 6.59. The molecule has 1 atom stereocenters. The van der Waals surface area contributed by atoms with E-state index < -0.39 is 6.04 Å². The largest absolute Gasteiger partial charge is 0.324 e. The second-order valence-electron chi connectivity index (χ2n) is 8.52. The zero-order valence-electron chi connectivity index (χ0n) is 17.5. The molecule has 160 valence electrons. The Hall–Kier alpha value is -2.79. The molecule has 0 radical (unpaired) electrons. The van der Waals surface area contributed by atoms with Crippen LogP contribution < -0.4 is 0 Å².